The van der Waals surface area contributed by atoms with E-state index in [0.29, 0.717) is 5.57 Å². The number of anilines is 1. The van der Waals surface area contributed by atoms with Crippen LogP contribution in [0.3, 0.4) is 0 Å². The summed E-state index contributed by atoms with van der Waals surface area (Å²) in [5.41, 5.74) is 0.456. The van der Waals surface area contributed by atoms with E-state index in [1.165, 1.54) is 4.31 Å². The average Bonchev–Trinajstić information content (AvgIpc) is 3.21. The van der Waals surface area contributed by atoms with Crippen molar-refractivity contribution in [2.75, 3.05) is 18.5 Å². The molecule has 2 aliphatic heterocycles. The summed E-state index contributed by atoms with van der Waals surface area (Å²) in [7, 11) is -4.04. The molecule has 1 saturated carbocycles. The molecule has 2 fully saturated rings. The van der Waals surface area contributed by atoms with Gasteiger partial charge >= 0.3 is 11.9 Å². The van der Waals surface area contributed by atoms with Crippen molar-refractivity contribution < 1.29 is 27.5 Å². The third kappa shape index (κ3) is 3.18. The van der Waals surface area contributed by atoms with Crippen LogP contribution in [-0.2, 0) is 34.5 Å². The second-order valence-corrected chi connectivity index (χ2v) is 11.5. The van der Waals surface area contributed by atoms with Crippen molar-refractivity contribution in [3.8, 4) is 0 Å². The van der Waals surface area contributed by atoms with Crippen molar-refractivity contribution in [2.45, 2.75) is 56.1 Å². The van der Waals surface area contributed by atoms with Gasteiger partial charge in [-0.3, -0.25) is 9.59 Å². The van der Waals surface area contributed by atoms with Crippen LogP contribution in [0.15, 0.2) is 65.6 Å². The largest absolute Gasteiger partial charge is 0.465 e. The maximum Gasteiger partial charge on any atom is 0.323 e. The number of carbonyl (C=O) groups excluding carboxylic acids is 2. The first kappa shape index (κ1) is 24.5. The zero-order valence-electron chi connectivity index (χ0n) is 20.6. The number of sulfonamides is 1. The first-order valence-electron chi connectivity index (χ1n) is 12.1. The zero-order chi connectivity index (χ0) is 25.9. The highest BCUT2D eigenvalue weighted by Crippen LogP contribution is 2.64. The second kappa shape index (κ2) is 8.45. The molecule has 1 N–H and O–H groups in total. The number of rotatable bonds is 6. The number of benzene rings is 2. The van der Waals surface area contributed by atoms with Crippen molar-refractivity contribution in [3.63, 3.8) is 0 Å². The van der Waals surface area contributed by atoms with E-state index in [1.54, 1.807) is 38.1 Å². The Balaban J connectivity index is 1.74. The highest BCUT2D eigenvalue weighted by Gasteiger charge is 2.72. The van der Waals surface area contributed by atoms with Crippen LogP contribution in [0.4, 0.5) is 5.69 Å². The van der Waals surface area contributed by atoms with E-state index in [-0.39, 0.29) is 31.0 Å². The predicted molar refractivity (Wildman–Crippen MR) is 134 cm³/mol. The molecule has 1 saturated heterocycles. The maximum absolute atomic E-state index is 14.1. The summed E-state index contributed by atoms with van der Waals surface area (Å²) in [4.78, 5) is 27.1. The van der Waals surface area contributed by atoms with Crippen molar-refractivity contribution in [3.05, 3.63) is 71.8 Å². The molecule has 2 aromatic carbocycles. The van der Waals surface area contributed by atoms with Crippen LogP contribution in [0.1, 0.15) is 37.8 Å². The molecule has 3 aliphatic rings. The van der Waals surface area contributed by atoms with Gasteiger partial charge in [-0.2, -0.15) is 4.31 Å². The van der Waals surface area contributed by atoms with E-state index >= 15 is 0 Å². The number of nitrogens with zero attached hydrogens (tertiary/aromatic N) is 1. The van der Waals surface area contributed by atoms with Gasteiger partial charge in [-0.05, 0) is 62.9 Å². The molecule has 5 rings (SSSR count). The fraction of sp³-hybridized carbons (Fsp3) is 0.407. The summed E-state index contributed by atoms with van der Waals surface area (Å²) in [6, 6.07) is 13.3. The Morgan fingerprint density at radius 1 is 1.06 bits per heavy atom. The number of fused-ring (bicyclic) bond motifs is 2. The van der Waals surface area contributed by atoms with E-state index in [9.17, 15) is 18.0 Å². The summed E-state index contributed by atoms with van der Waals surface area (Å²) in [6.07, 6.45) is -0.859. The van der Waals surface area contributed by atoms with E-state index < -0.39 is 45.0 Å². The Hall–Kier alpha value is -3.17. The molecule has 9 heteroatoms. The molecule has 36 heavy (non-hydrogen) atoms. The molecule has 8 nitrogen and oxygen atoms in total. The SMILES string of the molecule is C=C1[C@H]2CC(C(=O)OCC)(C(=O)OCC)CC13c1ccccc1N[C@@H]3N2S(=O)(=O)c1ccc(C)cc1. The number of ether oxygens (including phenoxy) is 2. The summed E-state index contributed by atoms with van der Waals surface area (Å²) in [6.45, 7) is 9.78. The molecule has 2 heterocycles. The molecule has 190 valence electrons. The van der Waals surface area contributed by atoms with Gasteiger partial charge in [-0.1, -0.05) is 42.5 Å². The number of esters is 2. The smallest absolute Gasteiger partial charge is 0.323 e. The summed E-state index contributed by atoms with van der Waals surface area (Å²) in [5.74, 6) is -1.39. The van der Waals surface area contributed by atoms with E-state index in [4.69, 9.17) is 9.47 Å². The predicted octanol–water partition coefficient (Wildman–Crippen LogP) is 3.52. The van der Waals surface area contributed by atoms with Crippen LogP contribution >= 0.6 is 0 Å². The van der Waals surface area contributed by atoms with Crippen molar-refractivity contribution in [2.24, 2.45) is 5.41 Å². The Morgan fingerprint density at radius 2 is 1.67 bits per heavy atom. The van der Waals surface area contributed by atoms with Crippen LogP contribution in [0.2, 0.25) is 0 Å². The van der Waals surface area contributed by atoms with Gasteiger partial charge in [0.1, 0.15) is 6.17 Å². The lowest BCUT2D eigenvalue weighted by molar-refractivity contribution is -0.175. The maximum atomic E-state index is 14.1. The fourth-order valence-corrected chi connectivity index (χ4v) is 7.91. The standard InChI is InChI=1S/C27H30N2O6S/c1-5-34-24(30)26(25(31)35-6-2)15-22-18(4)27(16-26)20-9-7-8-10-21(20)28-23(27)29(22)36(32,33)19-13-11-17(3)12-14-19/h7-14,22-23,28H,4-6,15-16H2,1-3H3/t22-,23-,27?/m1/s1. The lowest BCUT2D eigenvalue weighted by Gasteiger charge is -2.43. The Labute approximate surface area is 211 Å². The average molecular weight is 511 g/mol. The zero-order valence-corrected chi connectivity index (χ0v) is 21.4. The van der Waals surface area contributed by atoms with Crippen LogP contribution < -0.4 is 5.32 Å². The van der Waals surface area contributed by atoms with Gasteiger partial charge in [-0.15, -0.1) is 0 Å². The van der Waals surface area contributed by atoms with Gasteiger partial charge in [-0.25, -0.2) is 8.42 Å². The van der Waals surface area contributed by atoms with Crippen LogP contribution in [-0.4, -0.2) is 50.1 Å². The number of para-hydroxylation sites is 1. The molecule has 2 bridgehead atoms. The van der Waals surface area contributed by atoms with Crippen LogP contribution in [0, 0.1) is 12.3 Å². The van der Waals surface area contributed by atoms with Crippen LogP contribution in [0.25, 0.3) is 0 Å². The third-order valence-corrected chi connectivity index (χ3v) is 9.64. The van der Waals surface area contributed by atoms with E-state index in [2.05, 4.69) is 11.9 Å². The first-order valence-corrected chi connectivity index (χ1v) is 13.6. The highest BCUT2D eigenvalue weighted by molar-refractivity contribution is 7.89. The first-order chi connectivity index (χ1) is 17.1. The molecule has 1 unspecified atom stereocenters. The Morgan fingerprint density at radius 3 is 2.28 bits per heavy atom. The van der Waals surface area contributed by atoms with Crippen molar-refractivity contribution in [1.29, 1.82) is 0 Å². The normalized spacial score (nSPS) is 26.0. The quantitative estimate of drug-likeness (QED) is 0.360. The lowest BCUT2D eigenvalue weighted by atomic mass is 9.58. The molecule has 3 atom stereocenters. The molecule has 0 aromatic heterocycles. The van der Waals surface area contributed by atoms with E-state index in [1.807, 2.05) is 31.2 Å². The fourth-order valence-electron chi connectivity index (χ4n) is 6.14. The minimum Gasteiger partial charge on any atom is -0.465 e. The molecule has 0 amide bonds. The van der Waals surface area contributed by atoms with Gasteiger partial charge in [0.05, 0.1) is 29.6 Å². The Bertz CT molecular complexity index is 1330. The van der Waals surface area contributed by atoms with Gasteiger partial charge in [0.25, 0.3) is 0 Å². The number of aryl methyl sites for hydroxylation is 1. The van der Waals surface area contributed by atoms with Crippen LogP contribution in [0.5, 0.6) is 0 Å². The van der Waals surface area contributed by atoms with Gasteiger partial charge in [0, 0.05) is 5.69 Å². The van der Waals surface area contributed by atoms with E-state index in [0.717, 1.165) is 16.8 Å². The highest BCUT2D eigenvalue weighted by atomic mass is 32.2. The lowest BCUT2D eigenvalue weighted by Crippen LogP contribution is -2.53. The van der Waals surface area contributed by atoms with Gasteiger partial charge < -0.3 is 14.8 Å². The number of hydrogen-bond donors (Lipinski definition) is 1. The number of nitrogens with one attached hydrogen (secondary N) is 1. The summed E-state index contributed by atoms with van der Waals surface area (Å²) >= 11 is 0. The topological polar surface area (TPSA) is 102 Å². The Kier molecular flexibility index (Phi) is 5.76. The minimum absolute atomic E-state index is 0.00159. The third-order valence-electron chi connectivity index (χ3n) is 7.75. The minimum atomic E-state index is -4.04. The number of carbonyl (C=O) groups is 2. The second-order valence-electron chi connectivity index (χ2n) is 9.66. The number of hydrogen-bond acceptors (Lipinski definition) is 7. The monoisotopic (exact) mass is 510 g/mol. The molecular weight excluding hydrogens is 480 g/mol. The molecule has 1 spiro atoms. The summed E-state index contributed by atoms with van der Waals surface area (Å²) in [5, 5.41) is 3.39. The molecular formula is C27H30N2O6S. The molecule has 2 aromatic rings. The van der Waals surface area contributed by atoms with Gasteiger partial charge in [0.2, 0.25) is 10.0 Å². The molecule has 0 radical (unpaired) electrons. The van der Waals surface area contributed by atoms with Crippen molar-refractivity contribution >= 4 is 27.6 Å². The van der Waals surface area contributed by atoms with Crippen molar-refractivity contribution in [1.82, 2.24) is 4.31 Å². The molecule has 1 aliphatic carbocycles. The summed E-state index contributed by atoms with van der Waals surface area (Å²) < 4.78 is 40.5. The van der Waals surface area contributed by atoms with Gasteiger partial charge in [0.15, 0.2) is 5.41 Å².